The molecule has 2 amide bonds. The van der Waals surface area contributed by atoms with Crippen LogP contribution in [0.5, 0.6) is 0 Å². The summed E-state index contributed by atoms with van der Waals surface area (Å²) in [5.74, 6) is -0.348. The average Bonchev–Trinajstić information content (AvgIpc) is 2.90. The number of hydrogen-bond donors (Lipinski definition) is 1. The summed E-state index contributed by atoms with van der Waals surface area (Å²) < 4.78 is 0. The Kier molecular flexibility index (Phi) is 4.09. The second kappa shape index (κ2) is 6.05. The summed E-state index contributed by atoms with van der Waals surface area (Å²) in [4.78, 5) is 26.3. The molecule has 3 rings (SSSR count). The van der Waals surface area contributed by atoms with E-state index in [9.17, 15) is 9.59 Å². The van der Waals surface area contributed by atoms with Crippen LogP contribution < -0.4 is 10.2 Å². The van der Waals surface area contributed by atoms with Crippen LogP contribution in [0.3, 0.4) is 0 Å². The van der Waals surface area contributed by atoms with E-state index in [1.165, 1.54) is 6.92 Å². The van der Waals surface area contributed by atoms with Gasteiger partial charge in [-0.25, -0.2) is 0 Å². The molecule has 1 aliphatic heterocycles. The minimum absolute atomic E-state index is 0.141. The summed E-state index contributed by atoms with van der Waals surface area (Å²) >= 11 is 6.00. The average molecular weight is 329 g/mol. The van der Waals surface area contributed by atoms with E-state index in [2.05, 4.69) is 5.32 Å². The van der Waals surface area contributed by atoms with Gasteiger partial charge < -0.3 is 5.32 Å². The van der Waals surface area contributed by atoms with E-state index >= 15 is 0 Å². The molecule has 1 aliphatic rings. The molecule has 0 saturated carbocycles. The Balaban J connectivity index is 1.88. The highest BCUT2D eigenvalue weighted by Crippen LogP contribution is 2.33. The van der Waals surface area contributed by atoms with Gasteiger partial charge in [0, 0.05) is 29.7 Å². The molecule has 0 unspecified atom stereocenters. The van der Waals surface area contributed by atoms with Crippen LogP contribution in [0.1, 0.15) is 18.1 Å². The van der Waals surface area contributed by atoms with E-state index in [1.807, 2.05) is 37.3 Å². The van der Waals surface area contributed by atoms with Crippen LogP contribution in [0.4, 0.5) is 11.4 Å². The number of nitrogens with zero attached hydrogens (tertiary/aromatic N) is 1. The Morgan fingerprint density at radius 2 is 1.96 bits per heavy atom. The summed E-state index contributed by atoms with van der Waals surface area (Å²) in [6.07, 6.45) is 0.515. The molecular formula is C18H17ClN2O2. The number of para-hydroxylation sites is 1. The molecule has 0 radical (unpaired) electrons. The zero-order valence-electron chi connectivity index (χ0n) is 13.0. The van der Waals surface area contributed by atoms with Crippen molar-refractivity contribution in [3.05, 3.63) is 58.6 Å². The van der Waals surface area contributed by atoms with Crippen molar-refractivity contribution in [1.29, 1.82) is 0 Å². The van der Waals surface area contributed by atoms with Crippen molar-refractivity contribution in [2.75, 3.05) is 10.2 Å². The molecule has 2 aromatic rings. The van der Waals surface area contributed by atoms with Crippen molar-refractivity contribution in [1.82, 2.24) is 0 Å². The number of amides is 2. The van der Waals surface area contributed by atoms with E-state index in [-0.39, 0.29) is 11.8 Å². The Morgan fingerprint density at radius 3 is 2.70 bits per heavy atom. The second-order valence-corrected chi connectivity index (χ2v) is 6.12. The van der Waals surface area contributed by atoms with Crippen LogP contribution in [0.25, 0.3) is 0 Å². The smallest absolute Gasteiger partial charge is 0.247 e. The van der Waals surface area contributed by atoms with Gasteiger partial charge in [0.05, 0.1) is 0 Å². The summed E-state index contributed by atoms with van der Waals surface area (Å²) in [7, 11) is 0. The van der Waals surface area contributed by atoms with Gasteiger partial charge in [-0.1, -0.05) is 35.9 Å². The molecule has 5 heteroatoms. The van der Waals surface area contributed by atoms with Crippen LogP contribution in [0.2, 0.25) is 5.02 Å². The zero-order chi connectivity index (χ0) is 16.6. The number of fused-ring (bicyclic) bond motifs is 1. The lowest BCUT2D eigenvalue weighted by molar-refractivity contribution is -0.122. The molecule has 1 heterocycles. The molecule has 23 heavy (non-hydrogen) atoms. The Labute approximate surface area is 140 Å². The SMILES string of the molecule is CC(=O)N1c2ccccc2C[C@@H]1C(=O)Nc1cc(Cl)ccc1C. The van der Waals surface area contributed by atoms with Gasteiger partial charge in [-0.3, -0.25) is 14.5 Å². The standard InChI is InChI=1S/C18H17ClN2O2/c1-11-7-8-14(19)10-15(11)20-18(23)17-9-13-5-3-4-6-16(13)21(17)12(2)22/h3-8,10,17H,9H2,1-2H3,(H,20,23)/t17-/m1/s1. The molecule has 0 aliphatic carbocycles. The number of aryl methyl sites for hydroxylation is 1. The van der Waals surface area contributed by atoms with Gasteiger partial charge in [0.1, 0.15) is 6.04 Å². The van der Waals surface area contributed by atoms with E-state index < -0.39 is 6.04 Å². The van der Waals surface area contributed by atoms with Crippen molar-refractivity contribution >= 4 is 34.8 Å². The minimum atomic E-state index is -0.539. The number of benzene rings is 2. The maximum Gasteiger partial charge on any atom is 0.247 e. The normalized spacial score (nSPS) is 16.1. The fraction of sp³-hybridized carbons (Fsp3) is 0.222. The van der Waals surface area contributed by atoms with Gasteiger partial charge in [0.2, 0.25) is 11.8 Å². The molecular weight excluding hydrogens is 312 g/mol. The van der Waals surface area contributed by atoms with Crippen molar-refractivity contribution < 1.29 is 9.59 Å². The number of hydrogen-bond acceptors (Lipinski definition) is 2. The highest BCUT2D eigenvalue weighted by Gasteiger charge is 2.36. The van der Waals surface area contributed by atoms with Crippen molar-refractivity contribution in [2.45, 2.75) is 26.3 Å². The molecule has 0 bridgehead atoms. The summed E-state index contributed by atoms with van der Waals surface area (Å²) in [6.45, 7) is 3.38. The fourth-order valence-electron chi connectivity index (χ4n) is 2.93. The van der Waals surface area contributed by atoms with Crippen LogP contribution in [0.15, 0.2) is 42.5 Å². The zero-order valence-corrected chi connectivity index (χ0v) is 13.7. The first kappa shape index (κ1) is 15.6. The third-order valence-corrected chi connectivity index (χ3v) is 4.31. The van der Waals surface area contributed by atoms with Crippen LogP contribution in [0, 0.1) is 6.92 Å². The van der Waals surface area contributed by atoms with Gasteiger partial charge in [-0.2, -0.15) is 0 Å². The number of halogens is 1. The lowest BCUT2D eigenvalue weighted by atomic mass is 10.1. The first-order chi connectivity index (χ1) is 11.0. The van der Waals surface area contributed by atoms with Crippen molar-refractivity contribution in [2.24, 2.45) is 0 Å². The van der Waals surface area contributed by atoms with E-state index in [4.69, 9.17) is 11.6 Å². The summed E-state index contributed by atoms with van der Waals surface area (Å²) in [5, 5.41) is 3.45. The number of carbonyl (C=O) groups is 2. The topological polar surface area (TPSA) is 49.4 Å². The van der Waals surface area contributed by atoms with Gasteiger partial charge >= 0.3 is 0 Å². The summed E-state index contributed by atoms with van der Waals surface area (Å²) in [6, 6.07) is 12.4. The third-order valence-electron chi connectivity index (χ3n) is 4.08. The number of rotatable bonds is 2. The largest absolute Gasteiger partial charge is 0.324 e. The highest BCUT2D eigenvalue weighted by atomic mass is 35.5. The minimum Gasteiger partial charge on any atom is -0.324 e. The highest BCUT2D eigenvalue weighted by molar-refractivity contribution is 6.31. The maximum atomic E-state index is 12.7. The lowest BCUT2D eigenvalue weighted by Crippen LogP contribution is -2.44. The quantitative estimate of drug-likeness (QED) is 0.916. The molecule has 1 N–H and O–H groups in total. The predicted molar refractivity (Wildman–Crippen MR) is 91.9 cm³/mol. The molecule has 0 saturated heterocycles. The van der Waals surface area contributed by atoms with Gasteiger partial charge in [-0.15, -0.1) is 0 Å². The fourth-order valence-corrected chi connectivity index (χ4v) is 3.10. The number of anilines is 2. The van der Waals surface area contributed by atoms with E-state index in [0.29, 0.717) is 17.1 Å². The first-order valence-corrected chi connectivity index (χ1v) is 7.80. The number of nitrogens with one attached hydrogen (secondary N) is 1. The number of carbonyl (C=O) groups excluding carboxylic acids is 2. The molecule has 2 aromatic carbocycles. The molecule has 0 spiro atoms. The molecule has 0 aromatic heterocycles. The predicted octanol–water partition coefficient (Wildman–Crippen LogP) is 3.56. The van der Waals surface area contributed by atoms with Gasteiger partial charge in [0.25, 0.3) is 0 Å². The first-order valence-electron chi connectivity index (χ1n) is 7.42. The molecule has 0 fully saturated rings. The van der Waals surface area contributed by atoms with Crippen LogP contribution >= 0.6 is 11.6 Å². The molecule has 1 atom stereocenters. The second-order valence-electron chi connectivity index (χ2n) is 5.69. The monoisotopic (exact) mass is 328 g/mol. The Hall–Kier alpha value is -2.33. The van der Waals surface area contributed by atoms with Gasteiger partial charge in [0.15, 0.2) is 0 Å². The lowest BCUT2D eigenvalue weighted by Gasteiger charge is -2.23. The summed E-state index contributed by atoms with van der Waals surface area (Å²) in [5.41, 5.74) is 3.41. The van der Waals surface area contributed by atoms with E-state index in [0.717, 1.165) is 16.8 Å². The van der Waals surface area contributed by atoms with E-state index in [1.54, 1.807) is 17.0 Å². The Bertz CT molecular complexity index is 788. The van der Waals surface area contributed by atoms with Gasteiger partial charge in [-0.05, 0) is 36.2 Å². The molecule has 118 valence electrons. The van der Waals surface area contributed by atoms with Crippen molar-refractivity contribution in [3.8, 4) is 0 Å². The van der Waals surface area contributed by atoms with Crippen molar-refractivity contribution in [3.63, 3.8) is 0 Å². The molecule has 4 nitrogen and oxygen atoms in total. The van der Waals surface area contributed by atoms with Crippen LogP contribution in [-0.4, -0.2) is 17.9 Å². The maximum absolute atomic E-state index is 12.7. The Morgan fingerprint density at radius 1 is 1.22 bits per heavy atom. The third kappa shape index (κ3) is 2.94. The van der Waals surface area contributed by atoms with Crippen LogP contribution in [-0.2, 0) is 16.0 Å².